The van der Waals surface area contributed by atoms with E-state index in [9.17, 15) is 13.2 Å². The molecule has 0 aliphatic carbocycles. The molecule has 0 unspecified atom stereocenters. The summed E-state index contributed by atoms with van der Waals surface area (Å²) in [4.78, 5) is 12.3. The maximum Gasteiger partial charge on any atom is 0.339 e. The molecule has 2 aromatic rings. The van der Waals surface area contributed by atoms with Gasteiger partial charge in [0.1, 0.15) is 9.22 Å². The number of halogens is 2. The van der Waals surface area contributed by atoms with Crippen molar-refractivity contribution >= 4 is 82.3 Å². The third-order valence-electron chi connectivity index (χ3n) is 3.46. The number of thiocarbonyl (C=S) groups is 1. The first-order valence-electron chi connectivity index (χ1n) is 7.41. The fourth-order valence-electron chi connectivity index (χ4n) is 2.18. The van der Waals surface area contributed by atoms with E-state index in [0.29, 0.717) is 23.7 Å². The minimum Gasteiger partial charge on any atom is -0.377 e. The second kappa shape index (κ2) is 8.04. The highest BCUT2D eigenvalue weighted by molar-refractivity contribution is 9.11. The Balaban J connectivity index is 1.92. The van der Waals surface area contributed by atoms with Crippen LogP contribution < -0.4 is 9.50 Å². The number of benzene rings is 2. The molecule has 5 nitrogen and oxygen atoms in total. The van der Waals surface area contributed by atoms with Crippen molar-refractivity contribution in [3.63, 3.8) is 0 Å². The summed E-state index contributed by atoms with van der Waals surface area (Å²) in [5.74, 6) is -0.142. The number of hydrogen-bond acceptors (Lipinski definition) is 6. The van der Waals surface area contributed by atoms with Gasteiger partial charge in [-0.3, -0.25) is 4.79 Å². The van der Waals surface area contributed by atoms with Crippen molar-refractivity contribution in [2.75, 3.05) is 0 Å². The van der Waals surface area contributed by atoms with E-state index < -0.39 is 10.1 Å². The predicted molar refractivity (Wildman–Crippen MR) is 117 cm³/mol. The van der Waals surface area contributed by atoms with Crippen LogP contribution in [0.25, 0.3) is 6.08 Å². The van der Waals surface area contributed by atoms with Crippen LogP contribution in [0.3, 0.4) is 0 Å². The summed E-state index contributed by atoms with van der Waals surface area (Å²) in [7, 11) is -3.99. The molecule has 0 saturated carbocycles. The van der Waals surface area contributed by atoms with Gasteiger partial charge in [-0.15, -0.1) is 0 Å². The van der Waals surface area contributed by atoms with Crippen molar-refractivity contribution in [2.45, 2.75) is 11.8 Å². The molecule has 27 heavy (non-hydrogen) atoms. The molecule has 140 valence electrons. The average molecular weight is 549 g/mol. The largest absolute Gasteiger partial charge is 0.377 e. The first kappa shape index (κ1) is 20.5. The molecular weight excluding hydrogens is 538 g/mol. The lowest BCUT2D eigenvalue weighted by atomic mass is 10.2. The lowest BCUT2D eigenvalue weighted by Gasteiger charge is -2.11. The van der Waals surface area contributed by atoms with Crippen LogP contribution in [0.15, 0.2) is 55.1 Å². The van der Waals surface area contributed by atoms with Gasteiger partial charge in [-0.2, -0.15) is 8.42 Å². The van der Waals surface area contributed by atoms with Crippen LogP contribution in [0.1, 0.15) is 11.1 Å². The van der Waals surface area contributed by atoms with E-state index in [-0.39, 0.29) is 16.6 Å². The first-order valence-corrected chi connectivity index (χ1v) is 11.6. The van der Waals surface area contributed by atoms with E-state index in [1.165, 1.54) is 23.9 Å². The molecule has 0 aromatic heterocycles. The highest BCUT2D eigenvalue weighted by atomic mass is 79.9. The van der Waals surface area contributed by atoms with Gasteiger partial charge < -0.3 is 9.50 Å². The van der Waals surface area contributed by atoms with Crippen molar-refractivity contribution < 1.29 is 17.4 Å². The SMILES string of the molecule is Cc1ccc(S(=O)(=O)Oc2c(Br)cc(/C=C3\SC(=S)NC3=O)cc2Br)cc1. The molecule has 3 rings (SSSR count). The van der Waals surface area contributed by atoms with Gasteiger partial charge in [-0.1, -0.05) is 41.7 Å². The minimum atomic E-state index is -3.99. The molecule has 1 aliphatic heterocycles. The van der Waals surface area contributed by atoms with Gasteiger partial charge in [-0.05, 0) is 74.7 Å². The number of rotatable bonds is 4. The Morgan fingerprint density at radius 2 is 1.74 bits per heavy atom. The normalized spacial score (nSPS) is 15.9. The Hall–Kier alpha value is -1.20. The topological polar surface area (TPSA) is 72.5 Å². The molecular formula is C17H11Br2NO4S3. The van der Waals surface area contributed by atoms with Crippen molar-refractivity contribution in [2.24, 2.45) is 0 Å². The molecule has 1 heterocycles. The van der Waals surface area contributed by atoms with E-state index in [4.69, 9.17) is 16.4 Å². The quantitative estimate of drug-likeness (QED) is 0.337. The number of nitrogens with one attached hydrogen (secondary N) is 1. The van der Waals surface area contributed by atoms with Gasteiger partial charge in [0.05, 0.1) is 13.9 Å². The van der Waals surface area contributed by atoms with Gasteiger partial charge in [0.25, 0.3) is 5.91 Å². The molecule has 0 spiro atoms. The zero-order valence-electron chi connectivity index (χ0n) is 13.7. The van der Waals surface area contributed by atoms with Crippen molar-refractivity contribution in [3.05, 3.63) is 61.4 Å². The van der Waals surface area contributed by atoms with Crippen LogP contribution in [0, 0.1) is 6.92 Å². The summed E-state index contributed by atoms with van der Waals surface area (Å²) < 4.78 is 31.6. The maximum atomic E-state index is 12.5. The highest BCUT2D eigenvalue weighted by Gasteiger charge is 2.23. The molecule has 1 N–H and O–H groups in total. The second-order valence-electron chi connectivity index (χ2n) is 5.52. The lowest BCUT2D eigenvalue weighted by Crippen LogP contribution is -2.17. The van der Waals surface area contributed by atoms with Gasteiger partial charge in [0.2, 0.25) is 0 Å². The highest BCUT2D eigenvalue weighted by Crippen LogP contribution is 2.38. The Bertz CT molecular complexity index is 1060. The number of amides is 1. The maximum absolute atomic E-state index is 12.5. The Kier molecular flexibility index (Phi) is 6.11. The number of carbonyl (C=O) groups is 1. The number of hydrogen-bond donors (Lipinski definition) is 1. The smallest absolute Gasteiger partial charge is 0.339 e. The van der Waals surface area contributed by atoms with E-state index in [0.717, 1.165) is 5.56 Å². The van der Waals surface area contributed by atoms with E-state index in [1.54, 1.807) is 30.3 Å². The molecule has 0 atom stereocenters. The van der Waals surface area contributed by atoms with Crippen LogP contribution in [0.4, 0.5) is 0 Å². The summed E-state index contributed by atoms with van der Waals surface area (Å²) >= 11 is 12.8. The Labute approximate surface area is 182 Å². The molecule has 1 amide bonds. The number of thioether (sulfide) groups is 1. The van der Waals surface area contributed by atoms with Gasteiger partial charge in [-0.25, -0.2) is 0 Å². The summed E-state index contributed by atoms with van der Waals surface area (Å²) in [6.45, 7) is 1.87. The van der Waals surface area contributed by atoms with E-state index >= 15 is 0 Å². The summed E-state index contributed by atoms with van der Waals surface area (Å²) in [5, 5.41) is 2.54. The van der Waals surface area contributed by atoms with Gasteiger partial charge in [0, 0.05) is 0 Å². The first-order chi connectivity index (χ1) is 12.7. The molecule has 0 radical (unpaired) electrons. The predicted octanol–water partition coefficient (Wildman–Crippen LogP) is 4.78. The van der Waals surface area contributed by atoms with Crippen molar-refractivity contribution in [3.8, 4) is 5.75 Å². The standard InChI is InChI=1S/C17H11Br2NO4S3/c1-9-2-4-11(5-3-9)27(22,23)24-15-12(18)6-10(7-13(15)19)8-14-16(21)20-17(25)26-14/h2-8H,1H3,(H,20,21,25)/b14-8-. The minimum absolute atomic E-state index is 0.0608. The summed E-state index contributed by atoms with van der Waals surface area (Å²) in [6, 6.07) is 9.70. The van der Waals surface area contributed by atoms with Crippen molar-refractivity contribution in [1.29, 1.82) is 0 Å². The van der Waals surface area contributed by atoms with Crippen LogP contribution in [0.2, 0.25) is 0 Å². The fourth-order valence-corrected chi connectivity index (χ4v) is 5.78. The molecule has 0 bridgehead atoms. The van der Waals surface area contributed by atoms with Crippen molar-refractivity contribution in [1.82, 2.24) is 5.32 Å². The molecule has 1 aliphatic rings. The van der Waals surface area contributed by atoms with Crippen LogP contribution in [0.5, 0.6) is 5.75 Å². The van der Waals surface area contributed by atoms with Crippen LogP contribution >= 0.6 is 55.8 Å². The summed E-state index contributed by atoms with van der Waals surface area (Å²) in [5.41, 5.74) is 1.62. The Morgan fingerprint density at radius 3 is 2.26 bits per heavy atom. The number of carbonyl (C=O) groups excluding carboxylic acids is 1. The number of aryl methyl sites for hydroxylation is 1. The zero-order valence-corrected chi connectivity index (χ0v) is 19.3. The van der Waals surface area contributed by atoms with E-state index in [2.05, 4.69) is 37.2 Å². The van der Waals surface area contributed by atoms with Gasteiger partial charge in [0.15, 0.2) is 5.75 Å². The lowest BCUT2D eigenvalue weighted by molar-refractivity contribution is -0.115. The molecule has 1 fully saturated rings. The van der Waals surface area contributed by atoms with Crippen LogP contribution in [-0.2, 0) is 14.9 Å². The fraction of sp³-hybridized carbons (Fsp3) is 0.0588. The average Bonchev–Trinajstić information content (AvgIpc) is 2.89. The van der Waals surface area contributed by atoms with E-state index in [1.807, 2.05) is 6.92 Å². The molecule has 10 heteroatoms. The second-order valence-corrected chi connectivity index (χ2v) is 10.5. The third kappa shape index (κ3) is 4.80. The Morgan fingerprint density at radius 1 is 1.15 bits per heavy atom. The summed E-state index contributed by atoms with van der Waals surface area (Å²) in [6.07, 6.45) is 1.66. The van der Waals surface area contributed by atoms with Gasteiger partial charge >= 0.3 is 10.1 Å². The molecule has 1 saturated heterocycles. The zero-order chi connectivity index (χ0) is 19.8. The monoisotopic (exact) mass is 547 g/mol. The third-order valence-corrected chi connectivity index (χ3v) is 7.04. The molecule has 2 aromatic carbocycles. The van der Waals surface area contributed by atoms with Crippen LogP contribution in [-0.4, -0.2) is 18.6 Å².